The molecule has 3 fully saturated rings. The average molecular weight is 470 g/mol. The molecule has 3 heterocycles. The Labute approximate surface area is 187 Å². The monoisotopic (exact) mass is 469 g/mol. The van der Waals surface area contributed by atoms with Crippen LogP contribution in [0.2, 0.25) is 0 Å². The first-order valence-electron chi connectivity index (χ1n) is 9.92. The molecule has 3 aliphatic rings. The van der Waals surface area contributed by atoms with Gasteiger partial charge in [0.25, 0.3) is 0 Å². The highest BCUT2D eigenvalue weighted by Gasteiger charge is 2.49. The Bertz CT molecular complexity index is 721. The van der Waals surface area contributed by atoms with Crippen LogP contribution in [-0.2, 0) is 15.7 Å². The largest absolute Gasteiger partial charge is 0.461 e. The zero-order valence-corrected chi connectivity index (χ0v) is 18.3. The quantitative estimate of drug-likeness (QED) is 0.687. The van der Waals surface area contributed by atoms with Crippen molar-refractivity contribution in [2.24, 2.45) is 5.41 Å². The summed E-state index contributed by atoms with van der Waals surface area (Å²) >= 11 is 0. The van der Waals surface area contributed by atoms with E-state index in [9.17, 15) is 18.0 Å². The van der Waals surface area contributed by atoms with Gasteiger partial charge in [0.1, 0.15) is 6.10 Å². The van der Waals surface area contributed by atoms with Crippen molar-refractivity contribution < 1.29 is 22.7 Å². The number of anilines is 1. The van der Waals surface area contributed by atoms with Crippen LogP contribution in [0.15, 0.2) is 24.3 Å². The van der Waals surface area contributed by atoms with Crippen molar-refractivity contribution in [1.82, 2.24) is 10.2 Å². The highest BCUT2D eigenvalue weighted by molar-refractivity contribution is 5.85. The summed E-state index contributed by atoms with van der Waals surface area (Å²) in [6, 6.07) is 5.51. The first-order valence-corrected chi connectivity index (χ1v) is 9.92. The number of hydrogen-bond acceptors (Lipinski definition) is 5. The number of piperidine rings is 1. The highest BCUT2D eigenvalue weighted by atomic mass is 35.5. The molecule has 1 aromatic carbocycles. The van der Waals surface area contributed by atoms with E-state index in [1.165, 1.54) is 12.1 Å². The molecule has 0 bridgehead atoms. The van der Waals surface area contributed by atoms with Gasteiger partial charge in [-0.25, -0.2) is 0 Å². The summed E-state index contributed by atoms with van der Waals surface area (Å²) in [6.45, 7) is 5.25. The van der Waals surface area contributed by atoms with Crippen molar-refractivity contribution in [3.63, 3.8) is 0 Å². The van der Waals surface area contributed by atoms with Crippen molar-refractivity contribution in [1.29, 1.82) is 0 Å². The fourth-order valence-electron chi connectivity index (χ4n) is 4.61. The number of halogens is 5. The lowest BCUT2D eigenvalue weighted by atomic mass is 9.76. The maximum atomic E-state index is 12.9. The number of cyclic esters (lactones) is 1. The number of carbonyl (C=O) groups is 1. The zero-order chi connectivity index (χ0) is 19.8. The predicted molar refractivity (Wildman–Crippen MR) is 114 cm³/mol. The minimum atomic E-state index is -4.32. The van der Waals surface area contributed by atoms with E-state index >= 15 is 0 Å². The lowest BCUT2D eigenvalue weighted by Gasteiger charge is -2.37. The Kier molecular flexibility index (Phi) is 8.29. The summed E-state index contributed by atoms with van der Waals surface area (Å²) in [7, 11) is 0. The van der Waals surface area contributed by atoms with Gasteiger partial charge in [0.2, 0.25) is 0 Å². The molecule has 1 N–H and O–H groups in total. The lowest BCUT2D eigenvalue weighted by Crippen LogP contribution is -2.48. The second-order valence-electron chi connectivity index (χ2n) is 8.10. The molecule has 0 aromatic heterocycles. The molecule has 3 saturated heterocycles. The summed E-state index contributed by atoms with van der Waals surface area (Å²) < 4.78 is 44.5. The van der Waals surface area contributed by atoms with Gasteiger partial charge in [-0.05, 0) is 44.1 Å². The van der Waals surface area contributed by atoms with Crippen LogP contribution in [0.1, 0.15) is 24.8 Å². The summed E-state index contributed by atoms with van der Waals surface area (Å²) in [5, 5.41) is 3.29. The number of hydrogen-bond donors (Lipinski definition) is 1. The van der Waals surface area contributed by atoms with E-state index in [2.05, 4.69) is 10.2 Å². The van der Waals surface area contributed by atoms with Gasteiger partial charge in [0.05, 0.1) is 11.0 Å². The van der Waals surface area contributed by atoms with Gasteiger partial charge < -0.3 is 15.0 Å². The van der Waals surface area contributed by atoms with Crippen LogP contribution in [0.25, 0.3) is 0 Å². The van der Waals surface area contributed by atoms with Gasteiger partial charge in [0.15, 0.2) is 0 Å². The fraction of sp³-hybridized carbons (Fsp3) is 0.650. The molecule has 4 rings (SSSR count). The van der Waals surface area contributed by atoms with Gasteiger partial charge in [-0.2, -0.15) is 13.2 Å². The summed E-state index contributed by atoms with van der Waals surface area (Å²) in [5.74, 6) is -0.0541. The minimum absolute atomic E-state index is 0. The van der Waals surface area contributed by atoms with E-state index < -0.39 is 11.7 Å². The van der Waals surface area contributed by atoms with Crippen molar-refractivity contribution in [2.75, 3.05) is 50.7 Å². The van der Waals surface area contributed by atoms with Crippen LogP contribution in [0.4, 0.5) is 18.9 Å². The summed E-state index contributed by atoms with van der Waals surface area (Å²) in [4.78, 5) is 16.6. The number of benzene rings is 1. The number of ether oxygens (including phenoxy) is 1. The Morgan fingerprint density at radius 2 is 1.77 bits per heavy atom. The molecule has 1 atom stereocenters. The third kappa shape index (κ3) is 5.33. The average Bonchev–Trinajstić information content (AvgIpc) is 2.97. The molecule has 30 heavy (non-hydrogen) atoms. The number of nitrogens with zero attached hydrogens (tertiary/aromatic N) is 2. The van der Waals surface area contributed by atoms with Gasteiger partial charge in [-0.1, -0.05) is 6.07 Å². The second-order valence-corrected chi connectivity index (χ2v) is 8.10. The maximum absolute atomic E-state index is 12.9. The third-order valence-electron chi connectivity index (χ3n) is 6.26. The molecule has 0 radical (unpaired) electrons. The predicted octanol–water partition coefficient (Wildman–Crippen LogP) is 3.36. The molecule has 5 nitrogen and oxygen atoms in total. The molecule has 1 spiro atoms. The van der Waals surface area contributed by atoms with E-state index in [-0.39, 0.29) is 42.3 Å². The molecular weight excluding hydrogens is 442 g/mol. The number of esters is 1. The maximum Gasteiger partial charge on any atom is 0.416 e. The molecule has 0 amide bonds. The highest BCUT2D eigenvalue weighted by Crippen LogP contribution is 2.41. The van der Waals surface area contributed by atoms with Crippen LogP contribution in [0.3, 0.4) is 0 Å². The molecule has 0 saturated carbocycles. The Morgan fingerprint density at radius 3 is 2.40 bits per heavy atom. The number of rotatable bonds is 3. The number of alkyl halides is 3. The Hall–Kier alpha value is -1.22. The van der Waals surface area contributed by atoms with Crippen molar-refractivity contribution in [3.8, 4) is 0 Å². The number of nitrogens with one attached hydrogen (secondary N) is 1. The summed E-state index contributed by atoms with van der Waals surface area (Å²) in [5.41, 5.74) is -0.316. The minimum Gasteiger partial charge on any atom is -0.461 e. The van der Waals surface area contributed by atoms with Crippen LogP contribution in [0, 0.1) is 5.41 Å². The topological polar surface area (TPSA) is 44.8 Å². The van der Waals surface area contributed by atoms with Gasteiger partial charge in [0, 0.05) is 44.8 Å². The number of carbonyl (C=O) groups excluding carboxylic acids is 1. The van der Waals surface area contributed by atoms with Crippen molar-refractivity contribution in [2.45, 2.75) is 31.5 Å². The first kappa shape index (κ1) is 25.0. The van der Waals surface area contributed by atoms with Gasteiger partial charge >= 0.3 is 12.1 Å². The molecule has 0 aliphatic carbocycles. The first-order chi connectivity index (χ1) is 13.4. The second kappa shape index (κ2) is 9.94. The molecule has 1 unspecified atom stereocenters. The van der Waals surface area contributed by atoms with Crippen molar-refractivity contribution >= 4 is 36.5 Å². The van der Waals surface area contributed by atoms with E-state index in [1.807, 2.05) is 4.90 Å². The molecule has 3 aliphatic heterocycles. The van der Waals surface area contributed by atoms with Gasteiger partial charge in [-0.3, -0.25) is 9.69 Å². The molecule has 1 aromatic rings. The summed E-state index contributed by atoms with van der Waals surface area (Å²) in [6.07, 6.45) is -1.95. The standard InChI is InChI=1S/C20H26F3N3O2.2ClH/c21-20(22,23)15-2-1-3-16(12-15)26-10-8-25(9-11-26)14-17-13-19(18(27)28-17)4-6-24-7-5-19;;/h1-3,12,17,24H,4-11,13-14H2;2*1H. The van der Waals surface area contributed by atoms with Crippen LogP contribution in [-0.4, -0.2) is 62.8 Å². The van der Waals surface area contributed by atoms with Crippen LogP contribution in [0.5, 0.6) is 0 Å². The van der Waals surface area contributed by atoms with Crippen LogP contribution >= 0.6 is 24.8 Å². The fourth-order valence-corrected chi connectivity index (χ4v) is 4.61. The molecular formula is C20H28Cl2F3N3O2. The van der Waals surface area contributed by atoms with Gasteiger partial charge in [-0.15, -0.1) is 24.8 Å². The van der Waals surface area contributed by atoms with E-state index in [4.69, 9.17) is 4.74 Å². The van der Waals surface area contributed by atoms with Crippen LogP contribution < -0.4 is 10.2 Å². The van der Waals surface area contributed by atoms with Crippen molar-refractivity contribution in [3.05, 3.63) is 29.8 Å². The van der Waals surface area contributed by atoms with E-state index in [0.29, 0.717) is 25.3 Å². The normalized spacial score (nSPS) is 24.2. The smallest absolute Gasteiger partial charge is 0.416 e. The van der Waals surface area contributed by atoms with E-state index in [1.54, 1.807) is 6.07 Å². The lowest BCUT2D eigenvalue weighted by molar-refractivity contribution is -0.150. The zero-order valence-electron chi connectivity index (χ0n) is 16.6. The number of piperazine rings is 1. The molecule has 10 heteroatoms. The SMILES string of the molecule is Cl.Cl.O=C1OC(CN2CCN(c3cccc(C(F)(F)F)c3)CC2)CC12CCNCC2. The molecule has 170 valence electrons. The Balaban J connectivity index is 0.00000160. The Morgan fingerprint density at radius 1 is 1.10 bits per heavy atom. The van der Waals surface area contributed by atoms with E-state index in [0.717, 1.165) is 51.5 Å². The third-order valence-corrected chi connectivity index (χ3v) is 6.26.